The molecule has 2 N–H and O–H groups in total. The molecule has 2 rings (SSSR count). The van der Waals surface area contributed by atoms with Gasteiger partial charge >= 0.3 is 5.97 Å². The average Bonchev–Trinajstić information content (AvgIpc) is 2.59. The van der Waals surface area contributed by atoms with E-state index in [4.69, 9.17) is 4.74 Å². The van der Waals surface area contributed by atoms with Gasteiger partial charge in [-0.1, -0.05) is 42.0 Å². The SMILES string of the molecule is CCOC(=O)c1ccccc1NC(=O)CCNCc1cccc(C)c1. The molecule has 2 aromatic carbocycles. The second-order valence-corrected chi connectivity index (χ2v) is 5.73. The quantitative estimate of drug-likeness (QED) is 0.572. The van der Waals surface area contributed by atoms with E-state index in [1.807, 2.05) is 6.07 Å². The van der Waals surface area contributed by atoms with Crippen molar-refractivity contribution in [1.29, 1.82) is 0 Å². The number of ether oxygens (including phenoxy) is 1. The molecule has 5 heteroatoms. The van der Waals surface area contributed by atoms with Crippen LogP contribution in [0.3, 0.4) is 0 Å². The summed E-state index contributed by atoms with van der Waals surface area (Å²) in [5.41, 5.74) is 3.25. The van der Waals surface area contributed by atoms with Gasteiger partial charge in [0.15, 0.2) is 0 Å². The lowest BCUT2D eigenvalue weighted by Gasteiger charge is -2.10. The zero-order chi connectivity index (χ0) is 18.1. The van der Waals surface area contributed by atoms with Crippen LogP contribution in [0.2, 0.25) is 0 Å². The Bertz CT molecular complexity index is 728. The van der Waals surface area contributed by atoms with Crippen LogP contribution in [-0.4, -0.2) is 25.0 Å². The molecule has 25 heavy (non-hydrogen) atoms. The lowest BCUT2D eigenvalue weighted by Crippen LogP contribution is -2.22. The molecule has 0 aliphatic rings. The van der Waals surface area contributed by atoms with E-state index in [2.05, 4.69) is 35.8 Å². The van der Waals surface area contributed by atoms with Gasteiger partial charge in [-0.3, -0.25) is 4.79 Å². The number of anilines is 1. The normalized spacial score (nSPS) is 10.3. The van der Waals surface area contributed by atoms with Crippen molar-refractivity contribution in [3.63, 3.8) is 0 Å². The number of hydrogen-bond donors (Lipinski definition) is 2. The van der Waals surface area contributed by atoms with Crippen molar-refractivity contribution in [3.05, 3.63) is 65.2 Å². The van der Waals surface area contributed by atoms with Crippen molar-refractivity contribution in [1.82, 2.24) is 5.32 Å². The highest BCUT2D eigenvalue weighted by atomic mass is 16.5. The van der Waals surface area contributed by atoms with E-state index in [9.17, 15) is 9.59 Å². The molecule has 0 aliphatic carbocycles. The van der Waals surface area contributed by atoms with Crippen LogP contribution in [0.1, 0.15) is 34.8 Å². The highest BCUT2D eigenvalue weighted by molar-refractivity contribution is 6.01. The van der Waals surface area contributed by atoms with Gasteiger partial charge in [0.05, 0.1) is 17.9 Å². The molecule has 0 unspecified atom stereocenters. The van der Waals surface area contributed by atoms with Crippen molar-refractivity contribution in [2.24, 2.45) is 0 Å². The molecule has 0 bridgehead atoms. The number of carbonyl (C=O) groups excluding carboxylic acids is 2. The summed E-state index contributed by atoms with van der Waals surface area (Å²) in [5, 5.41) is 6.03. The van der Waals surface area contributed by atoms with Crippen molar-refractivity contribution in [2.75, 3.05) is 18.5 Å². The third kappa shape index (κ3) is 6.04. The summed E-state index contributed by atoms with van der Waals surface area (Å²) < 4.78 is 5.00. The number of rotatable bonds is 8. The minimum absolute atomic E-state index is 0.145. The topological polar surface area (TPSA) is 67.4 Å². The Labute approximate surface area is 148 Å². The molecule has 0 aliphatic heterocycles. The molecule has 0 spiro atoms. The van der Waals surface area contributed by atoms with Gasteiger partial charge in [-0.15, -0.1) is 0 Å². The summed E-state index contributed by atoms with van der Waals surface area (Å²) in [6.45, 7) is 5.37. The highest BCUT2D eigenvalue weighted by Crippen LogP contribution is 2.16. The van der Waals surface area contributed by atoms with Gasteiger partial charge in [0, 0.05) is 19.5 Å². The van der Waals surface area contributed by atoms with Crippen molar-refractivity contribution in [3.8, 4) is 0 Å². The lowest BCUT2D eigenvalue weighted by molar-refractivity contribution is -0.116. The molecule has 0 heterocycles. The predicted molar refractivity (Wildman–Crippen MR) is 98.5 cm³/mol. The Kier molecular flexibility index (Phi) is 7.16. The fraction of sp³-hybridized carbons (Fsp3) is 0.300. The molecule has 132 valence electrons. The van der Waals surface area contributed by atoms with Crippen LogP contribution in [0.15, 0.2) is 48.5 Å². The Hall–Kier alpha value is -2.66. The molecular weight excluding hydrogens is 316 g/mol. The molecule has 0 saturated carbocycles. The molecule has 0 saturated heterocycles. The highest BCUT2D eigenvalue weighted by Gasteiger charge is 2.13. The van der Waals surface area contributed by atoms with Gasteiger partial charge in [0.2, 0.25) is 5.91 Å². The molecule has 1 amide bonds. The summed E-state index contributed by atoms with van der Waals surface area (Å²) >= 11 is 0. The minimum Gasteiger partial charge on any atom is -0.462 e. The van der Waals surface area contributed by atoms with E-state index in [0.717, 1.165) is 0 Å². The number of benzene rings is 2. The maximum atomic E-state index is 12.1. The molecule has 5 nitrogen and oxygen atoms in total. The zero-order valence-corrected chi connectivity index (χ0v) is 14.7. The van der Waals surface area contributed by atoms with Crippen molar-refractivity contribution < 1.29 is 14.3 Å². The number of hydrogen-bond acceptors (Lipinski definition) is 4. The van der Waals surface area contributed by atoms with E-state index in [0.29, 0.717) is 37.4 Å². The van der Waals surface area contributed by atoms with Crippen LogP contribution in [-0.2, 0) is 16.1 Å². The Morgan fingerprint density at radius 1 is 1.08 bits per heavy atom. The van der Waals surface area contributed by atoms with Gasteiger partial charge in [-0.2, -0.15) is 0 Å². The predicted octanol–water partition coefficient (Wildman–Crippen LogP) is 3.29. The van der Waals surface area contributed by atoms with Crippen LogP contribution in [0.4, 0.5) is 5.69 Å². The first-order chi connectivity index (χ1) is 12.1. The number of esters is 1. The van der Waals surface area contributed by atoms with Gasteiger partial charge < -0.3 is 15.4 Å². The van der Waals surface area contributed by atoms with Crippen LogP contribution in [0, 0.1) is 6.92 Å². The Morgan fingerprint density at radius 3 is 2.64 bits per heavy atom. The van der Waals surface area contributed by atoms with E-state index < -0.39 is 5.97 Å². The monoisotopic (exact) mass is 340 g/mol. The summed E-state index contributed by atoms with van der Waals surface area (Å²) in [6, 6.07) is 15.1. The fourth-order valence-electron chi connectivity index (χ4n) is 2.45. The third-order valence-corrected chi connectivity index (χ3v) is 3.64. The van der Waals surface area contributed by atoms with Crippen LogP contribution >= 0.6 is 0 Å². The number of carbonyl (C=O) groups is 2. The number of nitrogens with one attached hydrogen (secondary N) is 2. The lowest BCUT2D eigenvalue weighted by atomic mass is 10.1. The summed E-state index contributed by atoms with van der Waals surface area (Å²) in [6.07, 6.45) is 0.322. The Balaban J connectivity index is 1.81. The molecule has 0 radical (unpaired) electrons. The maximum Gasteiger partial charge on any atom is 0.340 e. The average molecular weight is 340 g/mol. The number of amides is 1. The van der Waals surface area contributed by atoms with E-state index in [1.54, 1.807) is 31.2 Å². The number of para-hydroxylation sites is 1. The maximum absolute atomic E-state index is 12.1. The summed E-state index contributed by atoms with van der Waals surface area (Å²) in [5.74, 6) is -0.579. The third-order valence-electron chi connectivity index (χ3n) is 3.64. The zero-order valence-electron chi connectivity index (χ0n) is 14.7. The van der Waals surface area contributed by atoms with Gasteiger partial charge in [-0.05, 0) is 31.5 Å². The molecular formula is C20H24N2O3. The van der Waals surface area contributed by atoms with Crippen LogP contribution in [0.5, 0.6) is 0 Å². The fourth-order valence-corrected chi connectivity index (χ4v) is 2.45. The van der Waals surface area contributed by atoms with Gasteiger partial charge in [0.25, 0.3) is 0 Å². The van der Waals surface area contributed by atoms with E-state index >= 15 is 0 Å². The van der Waals surface area contributed by atoms with E-state index in [1.165, 1.54) is 11.1 Å². The smallest absolute Gasteiger partial charge is 0.340 e. The first-order valence-corrected chi connectivity index (χ1v) is 8.42. The first kappa shape index (κ1) is 18.7. The Morgan fingerprint density at radius 2 is 1.88 bits per heavy atom. The summed E-state index contributed by atoms with van der Waals surface area (Å²) in [4.78, 5) is 24.0. The largest absolute Gasteiger partial charge is 0.462 e. The minimum atomic E-state index is -0.434. The van der Waals surface area contributed by atoms with Crippen molar-refractivity contribution >= 4 is 17.6 Å². The molecule has 2 aromatic rings. The van der Waals surface area contributed by atoms with Crippen LogP contribution < -0.4 is 10.6 Å². The van der Waals surface area contributed by atoms with E-state index in [-0.39, 0.29) is 5.91 Å². The van der Waals surface area contributed by atoms with Crippen LogP contribution in [0.25, 0.3) is 0 Å². The molecule has 0 aromatic heterocycles. The second-order valence-electron chi connectivity index (χ2n) is 5.73. The van der Waals surface area contributed by atoms with Gasteiger partial charge in [-0.25, -0.2) is 4.79 Å². The number of aryl methyl sites for hydroxylation is 1. The van der Waals surface area contributed by atoms with Crippen molar-refractivity contribution in [2.45, 2.75) is 26.8 Å². The first-order valence-electron chi connectivity index (χ1n) is 8.42. The second kappa shape index (κ2) is 9.59. The summed E-state index contributed by atoms with van der Waals surface area (Å²) in [7, 11) is 0. The van der Waals surface area contributed by atoms with Gasteiger partial charge in [0.1, 0.15) is 0 Å². The standard InChI is InChI=1S/C20H24N2O3/c1-3-25-20(24)17-9-4-5-10-18(17)22-19(23)11-12-21-14-16-8-6-7-15(2)13-16/h4-10,13,21H,3,11-12,14H2,1-2H3,(H,22,23). The molecule has 0 fully saturated rings. The molecule has 0 atom stereocenters.